The zero-order valence-corrected chi connectivity index (χ0v) is 4.56. The molecule has 6 nitrogen and oxygen atoms in total. The van der Waals surface area contributed by atoms with Crippen LogP contribution in [0, 0.1) is 10.1 Å². The van der Waals surface area contributed by atoms with Crippen LogP contribution in [0.1, 0.15) is 0 Å². The van der Waals surface area contributed by atoms with Gasteiger partial charge in [-0.15, -0.1) is 15.2 Å². The van der Waals surface area contributed by atoms with Gasteiger partial charge in [0, 0.05) is 0 Å². The van der Waals surface area contributed by atoms with Crippen LogP contribution >= 0.6 is 0 Å². The summed E-state index contributed by atoms with van der Waals surface area (Å²) in [6.07, 6.45) is -0.468. The second-order valence-corrected chi connectivity index (χ2v) is 1.81. The normalized spacial score (nSPS) is 21.0. The number of rotatable bonds is 2. The van der Waals surface area contributed by atoms with Crippen molar-refractivity contribution in [2.75, 3.05) is 13.1 Å². The van der Waals surface area contributed by atoms with Crippen molar-refractivity contribution in [2.24, 2.45) is 0 Å². The summed E-state index contributed by atoms with van der Waals surface area (Å²) in [5.74, 6) is 0. The molecule has 1 N–H and O–H groups in total. The van der Waals surface area contributed by atoms with Crippen molar-refractivity contribution in [1.82, 2.24) is 5.06 Å². The molecule has 1 heterocycles. The third-order valence-corrected chi connectivity index (χ3v) is 1.01. The molecule has 0 aromatic heterocycles. The monoisotopic (exact) mass is 134 g/mol. The molecule has 0 aliphatic carbocycles. The highest BCUT2D eigenvalue weighted by atomic mass is 17.0. The summed E-state index contributed by atoms with van der Waals surface area (Å²) in [6, 6.07) is 0. The second-order valence-electron chi connectivity index (χ2n) is 1.81. The molecule has 0 amide bonds. The average Bonchev–Trinajstić information content (AvgIpc) is 1.60. The van der Waals surface area contributed by atoms with Crippen molar-refractivity contribution >= 4 is 0 Å². The van der Waals surface area contributed by atoms with Gasteiger partial charge in [0.2, 0.25) is 0 Å². The number of hydrogen-bond donors (Lipinski definition) is 1. The summed E-state index contributed by atoms with van der Waals surface area (Å²) in [5, 5.41) is 18.3. The third-order valence-electron chi connectivity index (χ3n) is 1.01. The van der Waals surface area contributed by atoms with Crippen molar-refractivity contribution < 1.29 is 15.1 Å². The maximum absolute atomic E-state index is 9.57. The van der Waals surface area contributed by atoms with E-state index in [0.717, 1.165) is 5.06 Å². The van der Waals surface area contributed by atoms with Gasteiger partial charge in [0.1, 0.15) is 0 Å². The maximum atomic E-state index is 9.57. The Bertz CT molecular complexity index is 121. The van der Waals surface area contributed by atoms with Crippen molar-refractivity contribution in [1.29, 1.82) is 0 Å². The molecule has 0 aromatic rings. The van der Waals surface area contributed by atoms with Gasteiger partial charge in [0.05, 0.1) is 19.2 Å². The van der Waals surface area contributed by atoms with Gasteiger partial charge in [-0.3, -0.25) is 0 Å². The molecule has 0 atom stereocenters. The molecule has 0 spiro atoms. The van der Waals surface area contributed by atoms with E-state index in [2.05, 4.69) is 4.94 Å². The standard InChI is InChI=1S/C3H6N2O4/c6-3-1-4(2-3)9-5(7)8/h3,6H,1-2H2. The lowest BCUT2D eigenvalue weighted by atomic mass is 10.2. The highest BCUT2D eigenvalue weighted by Gasteiger charge is 2.26. The summed E-state index contributed by atoms with van der Waals surface area (Å²) in [7, 11) is 0. The lowest BCUT2D eigenvalue weighted by Crippen LogP contribution is -2.51. The van der Waals surface area contributed by atoms with Crippen molar-refractivity contribution in [3.05, 3.63) is 10.1 Å². The van der Waals surface area contributed by atoms with Crippen molar-refractivity contribution in [2.45, 2.75) is 6.10 Å². The van der Waals surface area contributed by atoms with Crippen LogP contribution in [0.2, 0.25) is 0 Å². The molecule has 1 rings (SSSR count). The number of hydroxylamine groups is 2. The van der Waals surface area contributed by atoms with Gasteiger partial charge in [0.25, 0.3) is 0 Å². The number of hydrogen-bond acceptors (Lipinski definition) is 5. The minimum absolute atomic E-state index is 0.223. The van der Waals surface area contributed by atoms with Crippen molar-refractivity contribution in [3.63, 3.8) is 0 Å². The predicted molar refractivity (Wildman–Crippen MR) is 25.7 cm³/mol. The molecule has 9 heavy (non-hydrogen) atoms. The quantitative estimate of drug-likeness (QED) is 0.378. The fourth-order valence-corrected chi connectivity index (χ4v) is 0.578. The Hall–Kier alpha value is -0.880. The molecule has 0 aromatic carbocycles. The van der Waals surface area contributed by atoms with Crippen LogP contribution in [0.5, 0.6) is 0 Å². The smallest absolute Gasteiger partial charge is 0.312 e. The molecule has 1 aliphatic heterocycles. The minimum atomic E-state index is -0.897. The lowest BCUT2D eigenvalue weighted by Gasteiger charge is -2.31. The fraction of sp³-hybridized carbons (Fsp3) is 1.00. The Morgan fingerprint density at radius 2 is 2.33 bits per heavy atom. The van der Waals surface area contributed by atoms with E-state index in [1.807, 2.05) is 0 Å². The number of β-amino-alcohol motifs (C(OH)–C–C–N with tert-alkyl or cyclic N) is 1. The topological polar surface area (TPSA) is 75.8 Å². The Morgan fingerprint density at radius 3 is 2.67 bits per heavy atom. The zero-order chi connectivity index (χ0) is 6.85. The van der Waals surface area contributed by atoms with E-state index >= 15 is 0 Å². The molecule has 1 saturated heterocycles. The van der Waals surface area contributed by atoms with Crippen LogP contribution in [0.15, 0.2) is 0 Å². The summed E-state index contributed by atoms with van der Waals surface area (Å²) in [5.41, 5.74) is 0. The van der Waals surface area contributed by atoms with Crippen molar-refractivity contribution in [3.8, 4) is 0 Å². The molecule has 0 radical (unpaired) electrons. The van der Waals surface area contributed by atoms with E-state index in [1.165, 1.54) is 0 Å². The average molecular weight is 134 g/mol. The molecule has 0 saturated carbocycles. The Morgan fingerprint density at radius 1 is 1.78 bits per heavy atom. The number of aliphatic hydroxyl groups excluding tert-OH is 1. The second kappa shape index (κ2) is 2.16. The first kappa shape index (κ1) is 6.24. The van der Waals surface area contributed by atoms with Crippen LogP contribution in [0.3, 0.4) is 0 Å². The van der Waals surface area contributed by atoms with Gasteiger partial charge in [0.15, 0.2) is 0 Å². The fourth-order valence-electron chi connectivity index (χ4n) is 0.578. The summed E-state index contributed by atoms with van der Waals surface area (Å²) in [6.45, 7) is 0.446. The molecule has 52 valence electrons. The van der Waals surface area contributed by atoms with E-state index in [1.54, 1.807) is 0 Å². The van der Waals surface area contributed by atoms with Gasteiger partial charge < -0.3 is 5.11 Å². The Kier molecular flexibility index (Phi) is 1.50. The SMILES string of the molecule is O=[N+]([O-])ON1CC(O)C1. The first-order valence-corrected chi connectivity index (χ1v) is 2.44. The van der Waals surface area contributed by atoms with E-state index < -0.39 is 11.2 Å². The molecular formula is C3H6N2O4. The van der Waals surface area contributed by atoms with Crippen LogP contribution in [0.25, 0.3) is 0 Å². The van der Waals surface area contributed by atoms with Gasteiger partial charge in [-0.2, -0.15) is 0 Å². The summed E-state index contributed by atoms with van der Waals surface area (Å²) in [4.78, 5) is 13.5. The molecule has 6 heteroatoms. The molecule has 0 unspecified atom stereocenters. The molecule has 1 aliphatic rings. The third kappa shape index (κ3) is 1.51. The van der Waals surface area contributed by atoms with E-state index in [0.29, 0.717) is 0 Å². The predicted octanol–water partition coefficient (Wildman–Crippen LogP) is -1.21. The first-order chi connectivity index (χ1) is 4.18. The largest absolute Gasteiger partial charge is 0.390 e. The lowest BCUT2D eigenvalue weighted by molar-refractivity contribution is -0.816. The molecule has 1 fully saturated rings. The van der Waals surface area contributed by atoms with Gasteiger partial charge >= 0.3 is 5.09 Å². The minimum Gasteiger partial charge on any atom is -0.390 e. The summed E-state index contributed by atoms with van der Waals surface area (Å²) < 4.78 is 0. The maximum Gasteiger partial charge on any atom is 0.312 e. The highest BCUT2D eigenvalue weighted by Crippen LogP contribution is 2.06. The van der Waals surface area contributed by atoms with Crippen LogP contribution in [-0.2, 0) is 4.94 Å². The Labute approximate surface area is 50.7 Å². The molecule has 0 bridgehead atoms. The number of aliphatic hydroxyl groups is 1. The zero-order valence-electron chi connectivity index (χ0n) is 4.56. The van der Waals surface area contributed by atoms with Gasteiger partial charge in [-0.25, -0.2) is 4.94 Å². The van der Waals surface area contributed by atoms with Crippen LogP contribution < -0.4 is 0 Å². The molecular weight excluding hydrogens is 128 g/mol. The van der Waals surface area contributed by atoms with E-state index in [-0.39, 0.29) is 13.1 Å². The van der Waals surface area contributed by atoms with Gasteiger partial charge in [-0.05, 0) is 0 Å². The highest BCUT2D eigenvalue weighted by molar-refractivity contribution is 4.70. The first-order valence-electron chi connectivity index (χ1n) is 2.44. The van der Waals surface area contributed by atoms with Crippen LogP contribution in [-0.4, -0.2) is 34.4 Å². The number of nitrogens with zero attached hydrogens (tertiary/aromatic N) is 2. The van der Waals surface area contributed by atoms with E-state index in [9.17, 15) is 10.1 Å². The van der Waals surface area contributed by atoms with Crippen LogP contribution in [0.4, 0.5) is 0 Å². The summed E-state index contributed by atoms with van der Waals surface area (Å²) >= 11 is 0. The Balaban J connectivity index is 2.11. The van der Waals surface area contributed by atoms with E-state index in [4.69, 9.17) is 5.11 Å². The van der Waals surface area contributed by atoms with Gasteiger partial charge in [-0.1, -0.05) is 0 Å².